The summed E-state index contributed by atoms with van der Waals surface area (Å²) in [5, 5.41) is 0. The lowest BCUT2D eigenvalue weighted by Crippen LogP contribution is -2.89. The van der Waals surface area contributed by atoms with Crippen LogP contribution in [0.25, 0.3) is 0 Å². The lowest BCUT2D eigenvalue weighted by molar-refractivity contribution is 0.333. The molecule has 0 saturated heterocycles. The minimum Gasteiger partial charge on any atom is -0.439 e. The molecule has 0 aliphatic heterocycles. The summed E-state index contributed by atoms with van der Waals surface area (Å²) in [7, 11) is -29.2. The maximum atomic E-state index is 7.76. The predicted octanol–water partition coefficient (Wildman–Crippen LogP) is 10.5. The van der Waals surface area contributed by atoms with Crippen LogP contribution in [0.15, 0.2) is 0 Å². The van der Waals surface area contributed by atoms with Gasteiger partial charge in [-0.2, -0.15) is 0 Å². The highest BCUT2D eigenvalue weighted by atomic mass is 29.9. The number of nitrogens with two attached hydrogens (primary N) is 1. The Morgan fingerprint density at radius 3 is 0.642 bits per heavy atom. The molecule has 0 aliphatic rings. The van der Waals surface area contributed by atoms with Crippen LogP contribution in [-0.2, 0) is 37.0 Å². The normalized spacial score (nSPS) is 16.1. The summed E-state index contributed by atoms with van der Waals surface area (Å²) in [5.74, 6) is 0. The molecule has 0 bridgehead atoms. The molecule has 0 aliphatic carbocycles. The summed E-state index contributed by atoms with van der Waals surface area (Å²) in [6.45, 7) is 59.2. The molecule has 0 heterocycles. The molecule has 0 unspecified atom stereocenters. The van der Waals surface area contributed by atoms with Gasteiger partial charge < -0.3 is 42.8 Å². The zero-order valence-electron chi connectivity index (χ0n) is 39.9. The van der Waals surface area contributed by atoms with Gasteiger partial charge in [-0.25, -0.2) is 0 Å². The fourth-order valence-corrected chi connectivity index (χ4v) is 147. The third-order valence-electron chi connectivity index (χ3n) is 8.47. The molecule has 0 saturated carbocycles. The quantitative estimate of drug-likeness (QED) is 0.0940. The van der Waals surface area contributed by atoms with Gasteiger partial charge in [-0.3, -0.25) is 0 Å². The van der Waals surface area contributed by atoms with Crippen LogP contribution in [0.1, 0.15) is 6.42 Å². The molecule has 0 aromatic carbocycles. The zero-order chi connectivity index (χ0) is 43.0. The maximum absolute atomic E-state index is 7.76. The van der Waals surface area contributed by atoms with Crippen LogP contribution in [0.4, 0.5) is 0 Å². The molecule has 320 valence electrons. The molecule has 0 aromatic rings. The van der Waals surface area contributed by atoms with E-state index in [2.05, 4.69) is 177 Å². The molecule has 0 amide bonds. The minimum absolute atomic E-state index is 0.609. The summed E-state index contributed by atoms with van der Waals surface area (Å²) in [4.78, 5) is 0. The Hall–Kier alpha value is 2.42. The first-order chi connectivity index (χ1) is 22.7. The van der Waals surface area contributed by atoms with Crippen LogP contribution in [0.3, 0.4) is 0 Å². The molecule has 0 aromatic heterocycles. The molecule has 0 fully saturated rings. The molecule has 0 radical (unpaired) electrons. The second kappa shape index (κ2) is 18.2. The Bertz CT molecular complexity index is 1050. The van der Waals surface area contributed by atoms with E-state index in [1.54, 1.807) is 0 Å². The van der Waals surface area contributed by atoms with E-state index < -0.39 is 106 Å². The Morgan fingerprint density at radius 2 is 0.472 bits per heavy atom. The third-order valence-corrected chi connectivity index (χ3v) is 109. The summed E-state index contributed by atoms with van der Waals surface area (Å²) in [5.41, 5.74) is 6.45. The SMILES string of the molecule is C[Si](C)(C)O[Si](C)(C)O[Si](C)(C)O[Si](C)(C)[Si](CCCN)([Si](C)(C)O[Si](C)(C)O[Si](C)(C)O[Si](C)(C)C)[Si](C)(C)O[Si](C)(C)O[Si](C)(C)O[Si](C)(C)C. The van der Waals surface area contributed by atoms with E-state index in [0.717, 1.165) is 12.5 Å². The third kappa shape index (κ3) is 19.1. The van der Waals surface area contributed by atoms with Crippen molar-refractivity contribution >= 4 is 106 Å². The van der Waals surface area contributed by atoms with E-state index in [-0.39, 0.29) is 0 Å². The number of hydrogen-bond acceptors (Lipinski definition) is 10. The largest absolute Gasteiger partial charge is 0.439 e. The Balaban J connectivity index is 7.70. The first-order valence-electron chi connectivity index (χ1n) is 19.7. The summed E-state index contributed by atoms with van der Waals surface area (Å²) in [6, 6.07) is 0.991. The summed E-state index contributed by atoms with van der Waals surface area (Å²) < 4.78 is 64.7. The van der Waals surface area contributed by atoms with Crippen LogP contribution >= 0.6 is 0 Å². The highest BCUT2D eigenvalue weighted by Crippen LogP contribution is 2.46. The van der Waals surface area contributed by atoms with Gasteiger partial charge in [0.15, 0.2) is 48.5 Å². The van der Waals surface area contributed by atoms with Crippen LogP contribution in [0.5, 0.6) is 0 Å². The van der Waals surface area contributed by atoms with Crippen molar-refractivity contribution in [3.8, 4) is 0 Å². The van der Waals surface area contributed by atoms with Crippen LogP contribution in [-0.4, -0.2) is 113 Å². The van der Waals surface area contributed by atoms with Crippen LogP contribution < -0.4 is 5.73 Å². The van der Waals surface area contributed by atoms with Crippen molar-refractivity contribution in [2.75, 3.05) is 6.54 Å². The van der Waals surface area contributed by atoms with E-state index >= 15 is 0 Å². The molecular formula is C30H89NO9Si13. The molecule has 10 nitrogen and oxygen atoms in total. The zero-order valence-corrected chi connectivity index (χ0v) is 52.9. The number of rotatable bonds is 24. The maximum Gasteiger partial charge on any atom is 0.312 e. The van der Waals surface area contributed by atoms with Crippen molar-refractivity contribution in [1.29, 1.82) is 0 Å². The van der Waals surface area contributed by atoms with Gasteiger partial charge in [0.25, 0.3) is 0 Å². The highest BCUT2D eigenvalue weighted by molar-refractivity contribution is 7.88. The molecule has 2 N–H and O–H groups in total. The average molecular weight is 973 g/mol. The molecular weight excluding hydrogens is 883 g/mol. The highest BCUT2D eigenvalue weighted by Gasteiger charge is 2.73. The van der Waals surface area contributed by atoms with Gasteiger partial charge in [0.2, 0.25) is 0 Å². The van der Waals surface area contributed by atoms with Gasteiger partial charge in [-0.15, -0.1) is 0 Å². The first kappa shape index (κ1) is 55.4. The fourth-order valence-electron chi connectivity index (χ4n) is 9.66. The molecule has 0 rings (SSSR count). The van der Waals surface area contributed by atoms with Gasteiger partial charge in [0.05, 0.1) is 0 Å². The van der Waals surface area contributed by atoms with E-state index in [4.69, 9.17) is 42.8 Å². The predicted molar refractivity (Wildman–Crippen MR) is 261 cm³/mol. The van der Waals surface area contributed by atoms with E-state index in [0.29, 0.717) is 6.54 Å². The van der Waals surface area contributed by atoms with Crippen molar-refractivity contribution in [1.82, 2.24) is 0 Å². The molecule has 0 atom stereocenters. The lowest BCUT2D eigenvalue weighted by atomic mass is 10.5. The lowest BCUT2D eigenvalue weighted by Gasteiger charge is -2.61. The van der Waals surface area contributed by atoms with Gasteiger partial charge in [0, 0.05) is 0 Å². The van der Waals surface area contributed by atoms with Gasteiger partial charge in [-0.05, 0) is 190 Å². The Morgan fingerprint density at radius 1 is 0.283 bits per heavy atom. The standard InChI is InChI=1S/C30H89NO9Si13/c1-41(2,3)32-44(10,11)35-47(16,17)38-50(22,23)53(30-28-29-31,51(24,25)39-48(18,19)36-45(12,13)33-42(4,5)6)52(26,27)40-49(20,21)37-46(14,15)34-43(7,8)9/h28-31H2,1-27H3. The van der Waals surface area contributed by atoms with Crippen molar-refractivity contribution in [3.63, 3.8) is 0 Å². The van der Waals surface area contributed by atoms with Crippen molar-refractivity contribution < 1.29 is 37.0 Å². The van der Waals surface area contributed by atoms with Crippen molar-refractivity contribution in [2.24, 2.45) is 5.73 Å². The van der Waals surface area contributed by atoms with E-state index in [1.165, 1.54) is 0 Å². The van der Waals surface area contributed by atoms with Crippen molar-refractivity contribution in [3.05, 3.63) is 0 Å². The monoisotopic (exact) mass is 971 g/mol. The molecule has 0 spiro atoms. The minimum atomic E-state index is -2.73. The van der Waals surface area contributed by atoms with E-state index in [9.17, 15) is 0 Å². The summed E-state index contributed by atoms with van der Waals surface area (Å²) >= 11 is 0. The fraction of sp³-hybridized carbons (Fsp3) is 1.00. The van der Waals surface area contributed by atoms with E-state index in [1.807, 2.05) is 0 Å². The summed E-state index contributed by atoms with van der Waals surface area (Å²) in [6.07, 6.45) is 0.900. The van der Waals surface area contributed by atoms with Crippen LogP contribution in [0, 0.1) is 0 Å². The number of hydrogen-bond donors (Lipinski definition) is 1. The van der Waals surface area contributed by atoms with Crippen LogP contribution in [0.2, 0.25) is 183 Å². The second-order valence-corrected chi connectivity index (χ2v) is 93.2. The van der Waals surface area contributed by atoms with Gasteiger partial charge in [0.1, 0.15) is 6.63 Å². The topological polar surface area (TPSA) is 109 Å². The Labute approximate surface area is 342 Å². The smallest absolute Gasteiger partial charge is 0.312 e. The second-order valence-electron chi connectivity index (χ2n) is 22.0. The first-order valence-corrected chi connectivity index (χ1v) is 60.7. The molecule has 23 heteroatoms. The molecule has 53 heavy (non-hydrogen) atoms. The average Bonchev–Trinajstić information content (AvgIpc) is 2.67. The Kier molecular flexibility index (Phi) is 19.0. The van der Waals surface area contributed by atoms with Gasteiger partial charge in [-0.1, -0.05) is 6.04 Å². The van der Waals surface area contributed by atoms with Crippen molar-refractivity contribution in [2.45, 2.75) is 189 Å². The van der Waals surface area contributed by atoms with Gasteiger partial charge >= 0.3 is 51.4 Å².